The van der Waals surface area contributed by atoms with E-state index in [9.17, 15) is 4.79 Å². The Bertz CT molecular complexity index is 778. The van der Waals surface area contributed by atoms with Crippen LogP contribution in [0.5, 0.6) is 17.2 Å². The number of fused-ring (bicyclic) bond motifs is 2. The van der Waals surface area contributed by atoms with E-state index in [1.54, 1.807) is 0 Å². The van der Waals surface area contributed by atoms with Crippen molar-refractivity contribution in [3.05, 3.63) is 62.4 Å². The van der Waals surface area contributed by atoms with Crippen LogP contribution in [-0.2, 0) is 27.2 Å². The van der Waals surface area contributed by atoms with Crippen molar-refractivity contribution >= 4 is 11.6 Å². The van der Waals surface area contributed by atoms with E-state index >= 15 is 0 Å². The summed E-state index contributed by atoms with van der Waals surface area (Å²) in [4.78, 5) is 12.1. The van der Waals surface area contributed by atoms with Gasteiger partial charge in [-0.2, -0.15) is 18.2 Å². The summed E-state index contributed by atoms with van der Waals surface area (Å²) < 4.78 is 16.6. The molecular weight excluding hydrogens is 515 g/mol. The van der Waals surface area contributed by atoms with Gasteiger partial charge in [-0.15, -0.1) is 11.6 Å². The smallest absolute Gasteiger partial charge is 0.551 e. The van der Waals surface area contributed by atoms with Crippen LogP contribution in [0.4, 0.5) is 5.69 Å². The van der Waals surface area contributed by atoms with Crippen LogP contribution in [-0.4, -0.2) is 19.3 Å². The summed E-state index contributed by atoms with van der Waals surface area (Å²) in [6.07, 6.45) is 0.372. The number of amides is 1. The third-order valence-electron chi connectivity index (χ3n) is 4.12. The third-order valence-corrected chi connectivity index (χ3v) is 4.12. The molecule has 142 valence electrons. The molecule has 2 aromatic rings. The van der Waals surface area contributed by atoms with E-state index in [0.717, 1.165) is 22.6 Å². The van der Waals surface area contributed by atoms with Crippen LogP contribution in [0.25, 0.3) is 0 Å². The first kappa shape index (κ1) is 22.1. The van der Waals surface area contributed by atoms with Crippen molar-refractivity contribution in [2.24, 2.45) is 0 Å². The number of ether oxygens (including phenoxy) is 3. The molecule has 5 nitrogen and oxygen atoms in total. The third kappa shape index (κ3) is 3.90. The number of rotatable bonds is 3. The van der Waals surface area contributed by atoms with Gasteiger partial charge in [0.2, 0.25) is 12.7 Å². The molecule has 2 aromatic carbocycles. The summed E-state index contributed by atoms with van der Waals surface area (Å²) in [6.45, 7) is 2.72. The van der Waals surface area contributed by atoms with Crippen molar-refractivity contribution in [3.8, 4) is 17.2 Å². The molecule has 2 heterocycles. The maximum atomic E-state index is 12.1. The zero-order valence-electron chi connectivity index (χ0n) is 15.0. The molecule has 1 atom stereocenters. The molecule has 0 radical (unpaired) electrons. The van der Waals surface area contributed by atoms with Crippen LogP contribution < -0.4 is 19.5 Å². The molecule has 1 amide bonds. The Kier molecular flexibility index (Phi) is 7.75. The molecule has 1 N–H and O–H groups in total. The minimum Gasteiger partial charge on any atom is -0.551 e. The van der Waals surface area contributed by atoms with E-state index in [-0.39, 0.29) is 55.9 Å². The number of carbonyl (C=O) groups excluding carboxylic acids is 1. The minimum atomic E-state index is -0.0793. The number of hydrogen-bond donors (Lipinski definition) is 1. The number of benzene rings is 2. The van der Waals surface area contributed by atoms with E-state index in [2.05, 4.69) is 11.4 Å². The Morgan fingerprint density at radius 3 is 2.69 bits per heavy atom. The van der Waals surface area contributed by atoms with Crippen molar-refractivity contribution in [2.45, 2.75) is 19.3 Å². The Labute approximate surface area is 170 Å². The average Bonchev–Trinajstić information content (AvgIpc) is 3.00. The second kappa shape index (κ2) is 9.12. The standard InChI is InChI=1S/C18H16NO4.2CH3.Au/c1-2-21-15-6-4-3-5-11(15)12-8-18(20)19-14-9-17-16(7-13(12)14)22-10-23-17;;;/h3,5-7,9,12H,2,8,10H2,1H3,(H,19,20);2*1H3;/q3*-1;+3. The van der Waals surface area contributed by atoms with Gasteiger partial charge >= 0.3 is 22.4 Å². The molecule has 0 aromatic heterocycles. The topological polar surface area (TPSA) is 56.8 Å². The molecule has 6 heteroatoms. The predicted molar refractivity (Wildman–Crippen MR) is 96.9 cm³/mol. The minimum absolute atomic E-state index is 0. The van der Waals surface area contributed by atoms with E-state index in [0.29, 0.717) is 24.5 Å². The van der Waals surface area contributed by atoms with Crippen molar-refractivity contribution in [1.82, 2.24) is 0 Å². The molecule has 26 heavy (non-hydrogen) atoms. The van der Waals surface area contributed by atoms with Gasteiger partial charge in [0.15, 0.2) is 11.5 Å². The molecule has 2 aliphatic rings. The monoisotopic (exact) mass is 537 g/mol. The molecule has 0 spiro atoms. The van der Waals surface area contributed by atoms with Gasteiger partial charge < -0.3 is 34.4 Å². The Morgan fingerprint density at radius 2 is 1.96 bits per heavy atom. The first-order valence-corrected chi connectivity index (χ1v) is 7.62. The zero-order chi connectivity index (χ0) is 15.8. The fraction of sp³-hybridized carbons (Fsp3) is 0.250. The molecule has 1 unspecified atom stereocenters. The Balaban J connectivity index is 0.00000113. The zero-order valence-corrected chi connectivity index (χ0v) is 17.2. The Morgan fingerprint density at radius 1 is 1.23 bits per heavy atom. The molecule has 0 bridgehead atoms. The second-order valence-corrected chi connectivity index (χ2v) is 5.49. The molecule has 0 aliphatic carbocycles. The van der Waals surface area contributed by atoms with Gasteiger partial charge in [0.25, 0.3) is 0 Å². The van der Waals surface area contributed by atoms with E-state index in [4.69, 9.17) is 14.2 Å². The maximum absolute atomic E-state index is 12.1. The maximum Gasteiger partial charge on any atom is 3.00 e. The van der Waals surface area contributed by atoms with Crippen molar-refractivity contribution < 1.29 is 41.4 Å². The number of hydrogen-bond acceptors (Lipinski definition) is 4. The molecule has 0 saturated heterocycles. The summed E-state index contributed by atoms with van der Waals surface area (Å²) in [5.74, 6) is 2.04. The van der Waals surface area contributed by atoms with Gasteiger partial charge in [-0.3, -0.25) is 4.79 Å². The van der Waals surface area contributed by atoms with Crippen LogP contribution in [0.15, 0.2) is 30.3 Å². The van der Waals surface area contributed by atoms with E-state index in [1.165, 1.54) is 0 Å². The van der Waals surface area contributed by atoms with Crippen LogP contribution >= 0.6 is 0 Å². The second-order valence-electron chi connectivity index (χ2n) is 5.49. The fourth-order valence-electron chi connectivity index (χ4n) is 3.12. The largest absolute Gasteiger partial charge is 3.00 e. The van der Waals surface area contributed by atoms with Gasteiger partial charge in [0.05, 0.1) is 6.61 Å². The summed E-state index contributed by atoms with van der Waals surface area (Å²) in [5.41, 5.74) is 2.77. The van der Waals surface area contributed by atoms with Crippen molar-refractivity contribution in [3.63, 3.8) is 0 Å². The van der Waals surface area contributed by atoms with E-state index < -0.39 is 0 Å². The van der Waals surface area contributed by atoms with Gasteiger partial charge in [-0.25, -0.2) is 0 Å². The number of carbonyl (C=O) groups is 1. The summed E-state index contributed by atoms with van der Waals surface area (Å²) >= 11 is 0. The first-order chi connectivity index (χ1) is 11.3. The fourth-order valence-corrected chi connectivity index (χ4v) is 3.12. The molecule has 2 aliphatic heterocycles. The molecule has 0 fully saturated rings. The van der Waals surface area contributed by atoms with Crippen LogP contribution in [0.1, 0.15) is 30.4 Å². The van der Waals surface area contributed by atoms with E-state index in [1.807, 2.05) is 37.3 Å². The van der Waals surface area contributed by atoms with Crippen LogP contribution in [0.3, 0.4) is 0 Å². The molecule has 0 saturated carbocycles. The SMILES string of the molecule is CCOc1c[c-]ccc1C1CC(=O)Nc2cc3c(cc21)OCO3.[Au+3].[CH3-].[CH3-]. The van der Waals surface area contributed by atoms with Gasteiger partial charge in [-0.1, -0.05) is 0 Å². The van der Waals surface area contributed by atoms with Crippen molar-refractivity contribution in [2.75, 3.05) is 18.7 Å². The summed E-state index contributed by atoms with van der Waals surface area (Å²) in [6, 6.07) is 12.4. The molecular formula is C20H22AuNO4. The van der Waals surface area contributed by atoms with Gasteiger partial charge in [-0.05, 0) is 18.6 Å². The number of anilines is 1. The van der Waals surface area contributed by atoms with Crippen molar-refractivity contribution in [1.29, 1.82) is 0 Å². The quantitative estimate of drug-likeness (QED) is 0.476. The normalized spacial score (nSPS) is 16.2. The first-order valence-electron chi connectivity index (χ1n) is 7.62. The summed E-state index contributed by atoms with van der Waals surface area (Å²) in [7, 11) is 0. The predicted octanol–water partition coefficient (Wildman–Crippen LogP) is 3.99. The van der Waals surface area contributed by atoms with Crippen LogP contribution in [0, 0.1) is 20.9 Å². The van der Waals surface area contributed by atoms with Crippen LogP contribution in [0.2, 0.25) is 0 Å². The van der Waals surface area contributed by atoms with Gasteiger partial charge in [0, 0.05) is 29.8 Å². The molecule has 4 rings (SSSR count). The number of nitrogens with one attached hydrogen (secondary N) is 1. The van der Waals surface area contributed by atoms with Gasteiger partial charge in [0.1, 0.15) is 0 Å². The average molecular weight is 537 g/mol. The Hall–Kier alpha value is -1.95. The summed E-state index contributed by atoms with van der Waals surface area (Å²) in [5, 5.41) is 2.92.